The molecule has 0 unspecified atom stereocenters. The van der Waals surface area contributed by atoms with Crippen LogP contribution in [0, 0.1) is 0 Å². The maximum absolute atomic E-state index is 13.1. The molecule has 0 spiro atoms. The van der Waals surface area contributed by atoms with Gasteiger partial charge in [-0.3, -0.25) is 4.79 Å². The second kappa shape index (κ2) is 5.92. The van der Waals surface area contributed by atoms with Crippen LogP contribution in [-0.2, 0) is 10.2 Å². The predicted molar refractivity (Wildman–Crippen MR) is 82.4 cm³/mol. The van der Waals surface area contributed by atoms with Gasteiger partial charge in [-0.25, -0.2) is 0 Å². The molecule has 1 N–H and O–H groups in total. The summed E-state index contributed by atoms with van der Waals surface area (Å²) < 4.78 is 36.5. The first-order chi connectivity index (χ1) is 9.29. The van der Waals surface area contributed by atoms with Crippen LogP contribution in [0.1, 0.15) is 10.4 Å². The summed E-state index contributed by atoms with van der Waals surface area (Å²) in [7, 11) is -4.90. The molecule has 0 bridgehead atoms. The van der Waals surface area contributed by atoms with Crippen molar-refractivity contribution < 1.29 is 17.1 Å². The van der Waals surface area contributed by atoms with Crippen molar-refractivity contribution in [2.24, 2.45) is 0 Å². The van der Waals surface area contributed by atoms with E-state index in [9.17, 15) is 17.1 Å². The Bertz CT molecular complexity index is 774. The van der Waals surface area contributed by atoms with Crippen molar-refractivity contribution in [3.05, 3.63) is 43.5 Å². The van der Waals surface area contributed by atoms with Gasteiger partial charge >= 0.3 is 10.2 Å². The Morgan fingerprint density at radius 2 is 1.90 bits per heavy atom. The topological polar surface area (TPSA) is 63.2 Å². The molecule has 2 aromatic rings. The van der Waals surface area contributed by atoms with Crippen LogP contribution in [0.2, 0.25) is 0 Å². The lowest BCUT2D eigenvalue weighted by Gasteiger charge is -2.07. The van der Waals surface area contributed by atoms with Gasteiger partial charge in [0.05, 0.1) is 18.8 Å². The largest absolute Gasteiger partial charge is 0.334 e. The van der Waals surface area contributed by atoms with Gasteiger partial charge in [-0.2, -0.15) is 8.42 Å². The summed E-state index contributed by atoms with van der Waals surface area (Å²) in [5.74, 6) is -0.532. The first-order valence-corrected chi connectivity index (χ1v) is 8.87. The minimum absolute atomic E-state index is 0.103. The van der Waals surface area contributed by atoms with Gasteiger partial charge in [0.25, 0.3) is 5.91 Å². The van der Waals surface area contributed by atoms with E-state index in [0.29, 0.717) is 9.35 Å². The third-order valence-electron chi connectivity index (χ3n) is 2.30. The minimum atomic E-state index is -4.90. The molecule has 2 rings (SSSR count). The maximum Gasteiger partial charge on any atom is 0.334 e. The molecule has 0 saturated carbocycles. The zero-order chi connectivity index (χ0) is 14.9. The molecule has 20 heavy (non-hydrogen) atoms. The number of carbonyl (C=O) groups excluding carboxylic acids is 1. The number of nitrogens with one attached hydrogen (secondary N) is 1. The van der Waals surface area contributed by atoms with E-state index in [4.69, 9.17) is 0 Å². The van der Waals surface area contributed by atoms with Gasteiger partial charge in [-0.15, -0.1) is 15.2 Å². The van der Waals surface area contributed by atoms with Gasteiger partial charge < -0.3 is 5.32 Å². The van der Waals surface area contributed by atoms with Crippen molar-refractivity contribution in [2.45, 2.75) is 4.90 Å². The Kier molecular flexibility index (Phi) is 4.62. The number of benzene rings is 1. The number of carbonyl (C=O) groups is 1. The van der Waals surface area contributed by atoms with E-state index in [1.54, 1.807) is 6.07 Å². The minimum Gasteiger partial charge on any atom is -0.321 e. The molecule has 0 saturated heterocycles. The molecule has 0 aliphatic rings. The average molecular weight is 443 g/mol. The summed E-state index contributed by atoms with van der Waals surface area (Å²) in [6.07, 6.45) is 0. The molecule has 4 nitrogen and oxygen atoms in total. The van der Waals surface area contributed by atoms with Crippen molar-refractivity contribution in [3.8, 4) is 0 Å². The van der Waals surface area contributed by atoms with Gasteiger partial charge in [0, 0.05) is 0 Å². The number of anilines is 1. The quantitative estimate of drug-likeness (QED) is 0.725. The van der Waals surface area contributed by atoms with E-state index in [-0.39, 0.29) is 5.69 Å². The third-order valence-corrected chi connectivity index (χ3v) is 5.52. The Balaban J connectivity index is 2.36. The number of hydrogen-bond donors (Lipinski definition) is 1. The molecule has 0 aliphatic heterocycles. The third kappa shape index (κ3) is 3.46. The van der Waals surface area contributed by atoms with Gasteiger partial charge in [0.1, 0.15) is 4.90 Å². The van der Waals surface area contributed by atoms with Gasteiger partial charge in [0.15, 0.2) is 0 Å². The molecule has 1 heterocycles. The van der Waals surface area contributed by atoms with Gasteiger partial charge in [-0.1, -0.05) is 12.1 Å². The van der Waals surface area contributed by atoms with E-state index < -0.39 is 21.0 Å². The molecule has 1 amide bonds. The first-order valence-electron chi connectivity index (χ1n) is 5.09. The Labute approximate surface area is 135 Å². The molecule has 1 aromatic heterocycles. The molecular weight excluding hydrogens is 437 g/mol. The van der Waals surface area contributed by atoms with E-state index in [1.165, 1.54) is 29.5 Å². The van der Waals surface area contributed by atoms with Crippen LogP contribution in [0.5, 0.6) is 0 Å². The highest BCUT2D eigenvalue weighted by atomic mass is 79.9. The molecule has 0 aliphatic carbocycles. The molecule has 9 heteroatoms. The molecule has 106 valence electrons. The Morgan fingerprint density at radius 1 is 1.25 bits per heavy atom. The Morgan fingerprint density at radius 3 is 2.45 bits per heavy atom. The lowest BCUT2D eigenvalue weighted by atomic mass is 10.3. The van der Waals surface area contributed by atoms with Gasteiger partial charge in [-0.05, 0) is 50.1 Å². The van der Waals surface area contributed by atoms with Gasteiger partial charge in [0.2, 0.25) is 0 Å². The fourth-order valence-electron chi connectivity index (χ4n) is 1.47. The second-order valence-corrected chi connectivity index (χ2v) is 8.69. The van der Waals surface area contributed by atoms with Crippen molar-refractivity contribution in [1.29, 1.82) is 0 Å². The van der Waals surface area contributed by atoms with Crippen LogP contribution in [0.25, 0.3) is 0 Å². The number of amides is 1. The molecular formula is C11H6Br2FNO3S2. The highest BCUT2D eigenvalue weighted by Gasteiger charge is 2.20. The molecule has 0 atom stereocenters. The fraction of sp³-hybridized carbons (Fsp3) is 0. The van der Waals surface area contributed by atoms with E-state index in [0.717, 1.165) is 9.85 Å². The maximum atomic E-state index is 13.1. The highest BCUT2D eigenvalue weighted by molar-refractivity contribution is 9.12. The summed E-state index contributed by atoms with van der Waals surface area (Å²) in [6.45, 7) is 0. The number of halogens is 3. The summed E-state index contributed by atoms with van der Waals surface area (Å²) in [5.41, 5.74) is 0.224. The van der Waals surface area contributed by atoms with E-state index >= 15 is 0 Å². The molecule has 0 radical (unpaired) electrons. The van der Waals surface area contributed by atoms with Crippen LogP contribution in [-0.4, -0.2) is 14.3 Å². The second-order valence-electron chi connectivity index (χ2n) is 3.63. The number of hydrogen-bond acceptors (Lipinski definition) is 4. The van der Waals surface area contributed by atoms with Crippen molar-refractivity contribution in [3.63, 3.8) is 0 Å². The normalized spacial score (nSPS) is 11.3. The van der Waals surface area contributed by atoms with E-state index in [1.807, 2.05) is 0 Å². The van der Waals surface area contributed by atoms with Crippen LogP contribution < -0.4 is 5.32 Å². The summed E-state index contributed by atoms with van der Waals surface area (Å²) in [5, 5.41) is 2.39. The summed E-state index contributed by atoms with van der Waals surface area (Å²) >= 11 is 7.76. The predicted octanol–water partition coefficient (Wildman–Crippen LogP) is 4.18. The number of para-hydroxylation sites is 1. The van der Waals surface area contributed by atoms with Crippen LogP contribution in [0.15, 0.2) is 42.8 Å². The van der Waals surface area contributed by atoms with E-state index in [2.05, 4.69) is 37.2 Å². The van der Waals surface area contributed by atoms with Crippen LogP contribution in [0.4, 0.5) is 9.57 Å². The number of rotatable bonds is 3. The monoisotopic (exact) mass is 441 g/mol. The highest BCUT2D eigenvalue weighted by Crippen LogP contribution is 2.32. The summed E-state index contributed by atoms with van der Waals surface area (Å²) in [4.78, 5) is 11.5. The molecule has 1 aromatic carbocycles. The lowest BCUT2D eigenvalue weighted by molar-refractivity contribution is 0.102. The SMILES string of the molecule is O=C(Nc1ccccc1S(=O)(=O)F)c1cc(Br)sc1Br. The fourth-order valence-corrected chi connectivity index (χ4v) is 4.88. The molecule has 0 fully saturated rings. The Hall–Kier alpha value is -0.770. The van der Waals surface area contributed by atoms with Crippen molar-refractivity contribution in [1.82, 2.24) is 0 Å². The van der Waals surface area contributed by atoms with Crippen LogP contribution in [0.3, 0.4) is 0 Å². The lowest BCUT2D eigenvalue weighted by Crippen LogP contribution is -2.13. The zero-order valence-corrected chi connectivity index (χ0v) is 14.4. The van der Waals surface area contributed by atoms with Crippen molar-refractivity contribution in [2.75, 3.05) is 5.32 Å². The summed E-state index contributed by atoms with van der Waals surface area (Å²) in [6, 6.07) is 6.86. The number of thiophene rings is 1. The average Bonchev–Trinajstić information content (AvgIpc) is 2.68. The smallest absolute Gasteiger partial charge is 0.321 e. The standard InChI is InChI=1S/C11H6Br2FNO3S2/c12-9-5-6(10(13)19-9)11(16)15-7-3-1-2-4-8(7)20(14,17)18/h1-5H,(H,15,16). The first kappa shape index (κ1) is 15.6. The van der Waals surface area contributed by atoms with Crippen LogP contribution >= 0.6 is 43.2 Å². The van der Waals surface area contributed by atoms with Crippen molar-refractivity contribution >= 4 is 65.0 Å². The zero-order valence-electron chi connectivity index (χ0n) is 9.56.